The number of methoxy groups -OCH3 is 2. The van der Waals surface area contributed by atoms with Crippen molar-refractivity contribution in [2.45, 2.75) is 13.2 Å². The second-order valence-electron chi connectivity index (χ2n) is 6.26. The first kappa shape index (κ1) is 18.2. The van der Waals surface area contributed by atoms with E-state index in [0.717, 1.165) is 35.2 Å². The molecule has 0 amide bonds. The van der Waals surface area contributed by atoms with Gasteiger partial charge in [0.25, 0.3) is 0 Å². The summed E-state index contributed by atoms with van der Waals surface area (Å²) >= 11 is 5.65. The lowest BCUT2D eigenvalue weighted by Crippen LogP contribution is -3.06. The fraction of sp³-hybridized carbons (Fsp3) is 0.250. The number of ether oxygens (including phenoxy) is 2. The molecule has 1 unspecified atom stereocenters. The van der Waals surface area contributed by atoms with Gasteiger partial charge < -0.3 is 14.4 Å². The molecule has 0 aliphatic heterocycles. The molecule has 0 aliphatic rings. The van der Waals surface area contributed by atoms with Crippen LogP contribution in [0.2, 0.25) is 0 Å². The first-order valence-electron chi connectivity index (χ1n) is 8.47. The Morgan fingerprint density at radius 3 is 2.04 bits per heavy atom. The van der Waals surface area contributed by atoms with Gasteiger partial charge in [0, 0.05) is 23.6 Å². The predicted octanol–water partition coefficient (Wildman–Crippen LogP) is 2.70. The molecule has 0 saturated carbocycles. The molecule has 1 heterocycles. The van der Waals surface area contributed by atoms with Crippen LogP contribution in [0.5, 0.6) is 11.5 Å². The van der Waals surface area contributed by atoms with Crippen molar-refractivity contribution in [2.75, 3.05) is 21.3 Å². The fourth-order valence-electron chi connectivity index (χ4n) is 2.91. The lowest BCUT2D eigenvalue weighted by Gasteiger charge is -2.15. The molecule has 3 rings (SSSR count). The molecule has 5 nitrogen and oxygen atoms in total. The smallest absolute Gasteiger partial charge is 0.188 e. The molecule has 0 fully saturated rings. The molecule has 0 radical (unpaired) electrons. The van der Waals surface area contributed by atoms with Gasteiger partial charge in [0.1, 0.15) is 18.0 Å². The van der Waals surface area contributed by atoms with Crippen LogP contribution < -0.4 is 14.4 Å². The van der Waals surface area contributed by atoms with Crippen molar-refractivity contribution >= 4 is 12.2 Å². The lowest BCUT2D eigenvalue weighted by atomic mass is 10.2. The number of imidazole rings is 1. The van der Waals surface area contributed by atoms with Crippen LogP contribution in [0.25, 0.3) is 5.69 Å². The number of nitrogens with zero attached hydrogens (tertiary/aromatic N) is 2. The minimum absolute atomic E-state index is 0.782. The highest BCUT2D eigenvalue weighted by Gasteiger charge is 2.08. The van der Waals surface area contributed by atoms with Gasteiger partial charge in [0.05, 0.1) is 21.3 Å². The second kappa shape index (κ2) is 8.21. The van der Waals surface area contributed by atoms with Gasteiger partial charge in [-0.3, -0.25) is 9.13 Å². The van der Waals surface area contributed by atoms with Crippen molar-refractivity contribution in [3.63, 3.8) is 0 Å². The first-order chi connectivity index (χ1) is 12.6. The third-order valence-corrected chi connectivity index (χ3v) is 4.73. The van der Waals surface area contributed by atoms with E-state index in [1.165, 1.54) is 10.5 Å². The van der Waals surface area contributed by atoms with Crippen LogP contribution in [-0.4, -0.2) is 30.4 Å². The molecule has 136 valence electrons. The van der Waals surface area contributed by atoms with Crippen LogP contribution >= 0.6 is 12.2 Å². The molecule has 0 aliphatic carbocycles. The minimum atomic E-state index is 0.782. The number of rotatable bonds is 7. The van der Waals surface area contributed by atoms with E-state index in [-0.39, 0.29) is 0 Å². The number of hydrogen-bond donors (Lipinski definition) is 1. The number of hydrogen-bond acceptors (Lipinski definition) is 3. The van der Waals surface area contributed by atoms with Gasteiger partial charge in [-0.05, 0) is 60.7 Å². The van der Waals surface area contributed by atoms with E-state index in [0.29, 0.717) is 0 Å². The SMILES string of the molecule is COc1ccc(C[NH+](C)Cn2ccn(-c3ccc(OC)cc3)c2=S)cc1. The van der Waals surface area contributed by atoms with Crippen LogP contribution in [-0.2, 0) is 13.2 Å². The molecule has 0 spiro atoms. The second-order valence-corrected chi connectivity index (χ2v) is 6.62. The van der Waals surface area contributed by atoms with E-state index in [4.69, 9.17) is 21.7 Å². The van der Waals surface area contributed by atoms with Crippen LogP contribution in [0.1, 0.15) is 5.56 Å². The largest absolute Gasteiger partial charge is 0.497 e. The Hall–Kier alpha value is -2.57. The summed E-state index contributed by atoms with van der Waals surface area (Å²) in [5.41, 5.74) is 2.30. The topological polar surface area (TPSA) is 32.8 Å². The monoisotopic (exact) mass is 370 g/mol. The first-order valence-corrected chi connectivity index (χ1v) is 8.88. The Balaban J connectivity index is 1.69. The van der Waals surface area contributed by atoms with Crippen molar-refractivity contribution in [3.05, 3.63) is 71.3 Å². The summed E-state index contributed by atoms with van der Waals surface area (Å²) in [5, 5.41) is 0. The van der Waals surface area contributed by atoms with Gasteiger partial charge in [0.15, 0.2) is 11.4 Å². The van der Waals surface area contributed by atoms with Gasteiger partial charge in [-0.15, -0.1) is 0 Å². The van der Waals surface area contributed by atoms with E-state index in [1.54, 1.807) is 14.2 Å². The van der Waals surface area contributed by atoms with Crippen molar-refractivity contribution < 1.29 is 14.4 Å². The molecule has 0 saturated heterocycles. The molecule has 1 atom stereocenters. The molecular weight excluding hydrogens is 346 g/mol. The fourth-order valence-corrected chi connectivity index (χ4v) is 3.20. The Kier molecular flexibility index (Phi) is 5.75. The summed E-state index contributed by atoms with van der Waals surface area (Å²) in [6.07, 6.45) is 4.04. The van der Waals surface area contributed by atoms with Crippen molar-refractivity contribution in [3.8, 4) is 17.2 Å². The van der Waals surface area contributed by atoms with E-state index in [9.17, 15) is 0 Å². The summed E-state index contributed by atoms with van der Waals surface area (Å²) < 4.78 is 15.3. The normalized spacial score (nSPS) is 12.0. The Labute approximate surface area is 159 Å². The zero-order valence-corrected chi connectivity index (χ0v) is 16.1. The third kappa shape index (κ3) is 4.15. The third-order valence-electron chi connectivity index (χ3n) is 4.30. The highest BCUT2D eigenvalue weighted by atomic mass is 32.1. The number of benzene rings is 2. The summed E-state index contributed by atoms with van der Waals surface area (Å²) in [7, 11) is 5.51. The van der Waals surface area contributed by atoms with Crippen molar-refractivity contribution in [1.29, 1.82) is 0 Å². The quantitative estimate of drug-likeness (QED) is 0.649. The van der Waals surface area contributed by atoms with E-state index >= 15 is 0 Å². The number of aromatic nitrogens is 2. The maximum Gasteiger partial charge on any atom is 0.188 e. The summed E-state index contributed by atoms with van der Waals surface area (Å²) in [5.74, 6) is 1.72. The van der Waals surface area contributed by atoms with Crippen LogP contribution in [0, 0.1) is 4.77 Å². The lowest BCUT2D eigenvalue weighted by molar-refractivity contribution is -0.917. The van der Waals surface area contributed by atoms with Crippen LogP contribution in [0.15, 0.2) is 60.9 Å². The highest BCUT2D eigenvalue weighted by molar-refractivity contribution is 7.71. The van der Waals surface area contributed by atoms with Gasteiger partial charge in [-0.1, -0.05) is 0 Å². The van der Waals surface area contributed by atoms with Gasteiger partial charge in [-0.2, -0.15) is 0 Å². The number of quaternary nitrogens is 1. The predicted molar refractivity (Wildman–Crippen MR) is 105 cm³/mol. The summed E-state index contributed by atoms with van der Waals surface area (Å²) in [6, 6.07) is 16.1. The van der Waals surface area contributed by atoms with E-state index in [2.05, 4.69) is 23.7 Å². The molecule has 1 aromatic heterocycles. The highest BCUT2D eigenvalue weighted by Crippen LogP contribution is 2.15. The zero-order chi connectivity index (χ0) is 18.5. The maximum atomic E-state index is 5.65. The van der Waals surface area contributed by atoms with Gasteiger partial charge in [0.2, 0.25) is 0 Å². The maximum absolute atomic E-state index is 5.65. The molecule has 26 heavy (non-hydrogen) atoms. The van der Waals surface area contributed by atoms with E-state index < -0.39 is 0 Å². The van der Waals surface area contributed by atoms with Crippen LogP contribution in [0.4, 0.5) is 0 Å². The average Bonchev–Trinajstić information content (AvgIpc) is 3.02. The van der Waals surface area contributed by atoms with Crippen molar-refractivity contribution in [2.24, 2.45) is 0 Å². The zero-order valence-electron chi connectivity index (χ0n) is 15.3. The van der Waals surface area contributed by atoms with Crippen LogP contribution in [0.3, 0.4) is 0 Å². The van der Waals surface area contributed by atoms with Gasteiger partial charge in [-0.25, -0.2) is 0 Å². The summed E-state index contributed by atoms with van der Waals surface area (Å²) in [4.78, 5) is 1.35. The standard InChI is InChI=1S/C20H23N3O2S/c1-21(14-16-4-8-18(24-2)9-5-16)15-22-12-13-23(20(22)26)17-6-10-19(25-3)11-7-17/h4-13H,14-15H2,1-3H3/p+1. The molecule has 1 N–H and O–H groups in total. The molecule has 0 bridgehead atoms. The summed E-state index contributed by atoms with van der Waals surface area (Å²) in [6.45, 7) is 1.72. The minimum Gasteiger partial charge on any atom is -0.497 e. The van der Waals surface area contributed by atoms with Crippen molar-refractivity contribution in [1.82, 2.24) is 9.13 Å². The molecule has 2 aromatic carbocycles. The Bertz CT molecular complexity index is 898. The number of nitrogens with one attached hydrogen (secondary N) is 1. The Morgan fingerprint density at radius 1 is 0.885 bits per heavy atom. The molecule has 6 heteroatoms. The average molecular weight is 370 g/mol. The van der Waals surface area contributed by atoms with E-state index in [1.807, 2.05) is 53.4 Å². The Morgan fingerprint density at radius 2 is 1.46 bits per heavy atom. The molecular formula is C20H24N3O2S+. The molecule has 3 aromatic rings. The van der Waals surface area contributed by atoms with Gasteiger partial charge >= 0.3 is 0 Å².